The maximum Gasteiger partial charge on any atom is 0.352 e. The molecule has 1 fully saturated rings. The summed E-state index contributed by atoms with van der Waals surface area (Å²) < 4.78 is 1.75. The van der Waals surface area contributed by atoms with E-state index in [1.54, 1.807) is 10.8 Å². The molecule has 0 saturated carbocycles. The molecule has 1 aromatic rings. The van der Waals surface area contributed by atoms with Gasteiger partial charge in [-0.25, -0.2) is 4.79 Å². The van der Waals surface area contributed by atoms with Gasteiger partial charge in [-0.05, 0) is 38.9 Å². The SMILES string of the molecule is CC(CN1CCCC1)n1cc(Cl)cc1C(=O)O. The minimum atomic E-state index is -0.926. The van der Waals surface area contributed by atoms with Crippen LogP contribution in [0.2, 0.25) is 5.02 Å². The molecule has 2 heterocycles. The number of aromatic nitrogens is 1. The summed E-state index contributed by atoms with van der Waals surface area (Å²) in [6.45, 7) is 5.13. The highest BCUT2D eigenvalue weighted by molar-refractivity contribution is 6.30. The fraction of sp³-hybridized carbons (Fsp3) is 0.583. The van der Waals surface area contributed by atoms with E-state index in [4.69, 9.17) is 16.7 Å². The van der Waals surface area contributed by atoms with E-state index >= 15 is 0 Å². The largest absolute Gasteiger partial charge is 0.477 e. The summed E-state index contributed by atoms with van der Waals surface area (Å²) in [4.78, 5) is 13.4. The lowest BCUT2D eigenvalue weighted by Crippen LogP contribution is -2.28. The van der Waals surface area contributed by atoms with Gasteiger partial charge < -0.3 is 14.6 Å². The Morgan fingerprint density at radius 1 is 1.53 bits per heavy atom. The molecule has 17 heavy (non-hydrogen) atoms. The van der Waals surface area contributed by atoms with Crippen molar-refractivity contribution in [2.45, 2.75) is 25.8 Å². The van der Waals surface area contributed by atoms with Crippen molar-refractivity contribution in [1.29, 1.82) is 0 Å². The molecule has 1 N–H and O–H groups in total. The number of carbonyl (C=O) groups is 1. The second-order valence-electron chi connectivity index (χ2n) is 4.61. The van der Waals surface area contributed by atoms with Crippen LogP contribution >= 0.6 is 11.6 Å². The standard InChI is InChI=1S/C12H17ClN2O2/c1-9(7-14-4-2-3-5-14)15-8-10(13)6-11(15)12(16)17/h6,8-9H,2-5,7H2,1H3,(H,16,17). The van der Waals surface area contributed by atoms with Crippen molar-refractivity contribution in [3.63, 3.8) is 0 Å². The highest BCUT2D eigenvalue weighted by atomic mass is 35.5. The van der Waals surface area contributed by atoms with Crippen LogP contribution in [0.5, 0.6) is 0 Å². The molecule has 0 bridgehead atoms. The molecule has 0 aliphatic carbocycles. The van der Waals surface area contributed by atoms with Gasteiger partial charge in [-0.3, -0.25) is 0 Å². The molecular formula is C12H17ClN2O2. The fourth-order valence-corrected chi connectivity index (χ4v) is 2.62. The Hall–Kier alpha value is -1.00. The monoisotopic (exact) mass is 256 g/mol. The van der Waals surface area contributed by atoms with Crippen molar-refractivity contribution in [1.82, 2.24) is 9.47 Å². The maximum absolute atomic E-state index is 11.1. The number of rotatable bonds is 4. The van der Waals surface area contributed by atoms with Crippen LogP contribution in [0, 0.1) is 0 Å². The minimum Gasteiger partial charge on any atom is -0.477 e. The predicted octanol–water partition coefficient (Wildman–Crippen LogP) is 2.50. The summed E-state index contributed by atoms with van der Waals surface area (Å²) in [6.07, 6.45) is 4.18. The van der Waals surface area contributed by atoms with Gasteiger partial charge in [0.1, 0.15) is 5.69 Å². The molecule has 1 aliphatic rings. The van der Waals surface area contributed by atoms with Crippen LogP contribution in [-0.4, -0.2) is 40.2 Å². The van der Waals surface area contributed by atoms with Gasteiger partial charge in [0.05, 0.1) is 5.02 Å². The number of nitrogens with zero attached hydrogens (tertiary/aromatic N) is 2. The van der Waals surface area contributed by atoms with Crippen LogP contribution in [-0.2, 0) is 0 Å². The first kappa shape index (κ1) is 12.5. The number of hydrogen-bond acceptors (Lipinski definition) is 2. The van der Waals surface area contributed by atoms with Gasteiger partial charge in [0.25, 0.3) is 0 Å². The molecule has 0 spiro atoms. The third-order valence-electron chi connectivity index (χ3n) is 3.23. The van der Waals surface area contributed by atoms with Gasteiger partial charge in [-0.2, -0.15) is 0 Å². The lowest BCUT2D eigenvalue weighted by atomic mass is 10.3. The normalized spacial score (nSPS) is 18.5. The lowest BCUT2D eigenvalue weighted by Gasteiger charge is -2.22. The molecule has 0 aromatic carbocycles. The third-order valence-corrected chi connectivity index (χ3v) is 3.44. The van der Waals surface area contributed by atoms with Gasteiger partial charge in [0, 0.05) is 18.8 Å². The molecule has 5 heteroatoms. The zero-order valence-electron chi connectivity index (χ0n) is 9.90. The number of carboxylic acid groups (broad SMARTS) is 1. The average molecular weight is 257 g/mol. The molecular weight excluding hydrogens is 240 g/mol. The van der Waals surface area contributed by atoms with Crippen molar-refractivity contribution in [2.24, 2.45) is 0 Å². The number of halogens is 1. The fourth-order valence-electron chi connectivity index (χ4n) is 2.41. The first-order valence-electron chi connectivity index (χ1n) is 5.91. The van der Waals surface area contributed by atoms with Crippen molar-refractivity contribution >= 4 is 17.6 Å². The van der Waals surface area contributed by atoms with Crippen LogP contribution in [0.25, 0.3) is 0 Å². The van der Waals surface area contributed by atoms with Crippen LogP contribution in [0.3, 0.4) is 0 Å². The Labute approximate surface area is 106 Å². The van der Waals surface area contributed by atoms with Crippen molar-refractivity contribution < 1.29 is 9.90 Å². The Morgan fingerprint density at radius 3 is 2.76 bits per heavy atom. The average Bonchev–Trinajstić information content (AvgIpc) is 2.86. The van der Waals surface area contributed by atoms with E-state index in [2.05, 4.69) is 4.90 Å². The topological polar surface area (TPSA) is 45.5 Å². The smallest absolute Gasteiger partial charge is 0.352 e. The van der Waals surface area contributed by atoms with E-state index in [-0.39, 0.29) is 11.7 Å². The highest BCUT2D eigenvalue weighted by Gasteiger charge is 2.20. The van der Waals surface area contributed by atoms with Crippen LogP contribution in [0.1, 0.15) is 36.3 Å². The van der Waals surface area contributed by atoms with Crippen molar-refractivity contribution in [2.75, 3.05) is 19.6 Å². The summed E-state index contributed by atoms with van der Waals surface area (Å²) in [7, 11) is 0. The third kappa shape index (κ3) is 2.82. The van der Waals surface area contributed by atoms with E-state index in [0.717, 1.165) is 19.6 Å². The predicted molar refractivity (Wildman–Crippen MR) is 66.8 cm³/mol. The lowest BCUT2D eigenvalue weighted by molar-refractivity contribution is 0.0681. The van der Waals surface area contributed by atoms with Crippen molar-refractivity contribution in [3.05, 3.63) is 23.0 Å². The molecule has 0 radical (unpaired) electrons. The van der Waals surface area contributed by atoms with Crippen molar-refractivity contribution in [3.8, 4) is 0 Å². The Bertz CT molecular complexity index is 411. The summed E-state index contributed by atoms with van der Waals surface area (Å²) in [6, 6.07) is 1.64. The zero-order chi connectivity index (χ0) is 12.4. The number of likely N-dealkylation sites (tertiary alicyclic amines) is 1. The second kappa shape index (κ2) is 5.10. The van der Waals surface area contributed by atoms with E-state index in [1.165, 1.54) is 18.9 Å². The van der Waals surface area contributed by atoms with E-state index in [1.807, 2.05) is 6.92 Å². The molecule has 1 saturated heterocycles. The number of hydrogen-bond donors (Lipinski definition) is 1. The van der Waals surface area contributed by atoms with Crippen LogP contribution in [0.15, 0.2) is 12.3 Å². The quantitative estimate of drug-likeness (QED) is 0.900. The number of aromatic carboxylic acids is 1. The molecule has 0 amide bonds. The summed E-state index contributed by atoms with van der Waals surface area (Å²) in [5, 5.41) is 9.58. The molecule has 1 aliphatic heterocycles. The summed E-state index contributed by atoms with van der Waals surface area (Å²) in [5.41, 5.74) is 0.265. The highest BCUT2D eigenvalue weighted by Crippen LogP contribution is 2.21. The molecule has 1 atom stereocenters. The van der Waals surface area contributed by atoms with Gasteiger partial charge in [0.15, 0.2) is 0 Å². The van der Waals surface area contributed by atoms with Gasteiger partial charge in [-0.15, -0.1) is 0 Å². The molecule has 2 rings (SSSR count). The second-order valence-corrected chi connectivity index (χ2v) is 5.05. The van der Waals surface area contributed by atoms with E-state index < -0.39 is 5.97 Å². The Kier molecular flexibility index (Phi) is 3.74. The van der Waals surface area contributed by atoms with Crippen LogP contribution < -0.4 is 0 Å². The molecule has 1 unspecified atom stereocenters. The Balaban J connectivity index is 2.11. The summed E-state index contributed by atoms with van der Waals surface area (Å²) in [5.74, 6) is -0.926. The zero-order valence-corrected chi connectivity index (χ0v) is 10.7. The molecule has 94 valence electrons. The number of carboxylic acids is 1. The first-order chi connectivity index (χ1) is 8.08. The molecule has 1 aromatic heterocycles. The van der Waals surface area contributed by atoms with E-state index in [0.29, 0.717) is 5.02 Å². The van der Waals surface area contributed by atoms with Gasteiger partial charge in [0.2, 0.25) is 0 Å². The van der Waals surface area contributed by atoms with Gasteiger partial charge in [-0.1, -0.05) is 11.6 Å². The summed E-state index contributed by atoms with van der Waals surface area (Å²) >= 11 is 5.87. The van der Waals surface area contributed by atoms with Crippen LogP contribution in [0.4, 0.5) is 0 Å². The minimum absolute atomic E-state index is 0.131. The van der Waals surface area contributed by atoms with E-state index in [9.17, 15) is 4.79 Å². The Morgan fingerprint density at radius 2 is 2.18 bits per heavy atom. The first-order valence-corrected chi connectivity index (χ1v) is 6.28. The maximum atomic E-state index is 11.1. The van der Waals surface area contributed by atoms with Gasteiger partial charge >= 0.3 is 5.97 Å². The molecule has 4 nitrogen and oxygen atoms in total.